The van der Waals surface area contributed by atoms with Crippen LogP contribution in [0, 0.1) is 13.7 Å². The average Bonchev–Trinajstić information content (AvgIpc) is 2.08. The van der Waals surface area contributed by atoms with Gasteiger partial charge in [-0.25, -0.2) is 0 Å². The van der Waals surface area contributed by atoms with E-state index >= 15 is 0 Å². The molecule has 0 aliphatic carbocycles. The van der Waals surface area contributed by atoms with Crippen LogP contribution < -0.4 is 0 Å². The summed E-state index contributed by atoms with van der Waals surface area (Å²) in [6, 6.07) is 2.29. The number of rotatable bonds is 2. The lowest BCUT2D eigenvalue weighted by molar-refractivity contribution is -0.385. The first kappa shape index (κ1) is 10.9. The minimum Gasteiger partial charge on any atom is -0.507 e. The second-order valence-electron chi connectivity index (χ2n) is 2.63. The standard InChI is InChI=1S/C8H6INO4/c1-4(11)5-2-6(9)8(12)3-7(5)10(13)14/h2-3,12H,1H3. The second-order valence-corrected chi connectivity index (χ2v) is 3.80. The highest BCUT2D eigenvalue weighted by Crippen LogP contribution is 2.29. The van der Waals surface area contributed by atoms with Crippen molar-refractivity contribution in [2.24, 2.45) is 0 Å². The van der Waals surface area contributed by atoms with Crippen LogP contribution in [0.2, 0.25) is 0 Å². The van der Waals surface area contributed by atoms with E-state index < -0.39 is 10.7 Å². The topological polar surface area (TPSA) is 80.4 Å². The van der Waals surface area contributed by atoms with E-state index in [4.69, 9.17) is 0 Å². The molecule has 1 aromatic rings. The lowest BCUT2D eigenvalue weighted by Crippen LogP contribution is -2.00. The predicted octanol–water partition coefficient (Wildman–Crippen LogP) is 2.11. The van der Waals surface area contributed by atoms with Crippen LogP contribution in [0.4, 0.5) is 5.69 Å². The molecule has 6 heteroatoms. The Morgan fingerprint density at radius 3 is 2.57 bits per heavy atom. The maximum Gasteiger partial charge on any atom is 0.283 e. The maximum atomic E-state index is 11.0. The number of nitrogens with zero attached hydrogens (tertiary/aromatic N) is 1. The number of nitro benzene ring substituents is 1. The molecule has 0 radical (unpaired) electrons. The Morgan fingerprint density at radius 1 is 1.57 bits per heavy atom. The number of benzene rings is 1. The smallest absolute Gasteiger partial charge is 0.283 e. The number of phenols is 1. The monoisotopic (exact) mass is 307 g/mol. The van der Waals surface area contributed by atoms with Crippen LogP contribution in [-0.2, 0) is 0 Å². The minimum absolute atomic E-state index is 0.0113. The predicted molar refractivity (Wildman–Crippen MR) is 57.5 cm³/mol. The summed E-state index contributed by atoms with van der Waals surface area (Å²) in [6.07, 6.45) is 0. The van der Waals surface area contributed by atoms with Crippen LogP contribution in [0.3, 0.4) is 0 Å². The van der Waals surface area contributed by atoms with Gasteiger partial charge in [-0.1, -0.05) is 0 Å². The molecule has 0 aliphatic rings. The van der Waals surface area contributed by atoms with Gasteiger partial charge < -0.3 is 5.11 Å². The van der Waals surface area contributed by atoms with Crippen molar-refractivity contribution in [3.8, 4) is 5.75 Å². The molecule has 1 N–H and O–H groups in total. The average molecular weight is 307 g/mol. The molecule has 0 bridgehead atoms. The molecule has 0 heterocycles. The molecule has 14 heavy (non-hydrogen) atoms. The fourth-order valence-corrected chi connectivity index (χ4v) is 1.45. The molecule has 0 saturated heterocycles. The Kier molecular flexibility index (Phi) is 3.04. The van der Waals surface area contributed by atoms with Gasteiger partial charge in [-0.3, -0.25) is 14.9 Å². The molecule has 0 spiro atoms. The summed E-state index contributed by atoms with van der Waals surface area (Å²) in [4.78, 5) is 20.9. The summed E-state index contributed by atoms with van der Waals surface area (Å²) in [7, 11) is 0. The van der Waals surface area contributed by atoms with Gasteiger partial charge in [-0.15, -0.1) is 0 Å². The van der Waals surface area contributed by atoms with Crippen molar-refractivity contribution in [1.29, 1.82) is 0 Å². The quantitative estimate of drug-likeness (QED) is 0.393. The lowest BCUT2D eigenvalue weighted by atomic mass is 10.1. The van der Waals surface area contributed by atoms with Crippen molar-refractivity contribution >= 4 is 34.1 Å². The van der Waals surface area contributed by atoms with E-state index in [-0.39, 0.29) is 17.0 Å². The number of carbonyl (C=O) groups is 1. The van der Waals surface area contributed by atoms with Gasteiger partial charge in [0.2, 0.25) is 0 Å². The molecule has 0 unspecified atom stereocenters. The van der Waals surface area contributed by atoms with Gasteiger partial charge in [-0.2, -0.15) is 0 Å². The van der Waals surface area contributed by atoms with Crippen molar-refractivity contribution in [3.63, 3.8) is 0 Å². The molecule has 1 aromatic carbocycles. The molecular formula is C8H6INO4. The summed E-state index contributed by atoms with van der Waals surface area (Å²) in [5, 5.41) is 19.8. The summed E-state index contributed by atoms with van der Waals surface area (Å²) in [6.45, 7) is 1.25. The molecule has 0 aromatic heterocycles. The molecule has 0 atom stereocenters. The zero-order valence-corrected chi connectivity index (χ0v) is 9.31. The van der Waals surface area contributed by atoms with Gasteiger partial charge in [-0.05, 0) is 35.6 Å². The van der Waals surface area contributed by atoms with Gasteiger partial charge >= 0.3 is 0 Å². The van der Waals surface area contributed by atoms with Crippen LogP contribution in [-0.4, -0.2) is 15.8 Å². The van der Waals surface area contributed by atoms with E-state index in [2.05, 4.69) is 0 Å². The molecule has 0 amide bonds. The zero-order valence-electron chi connectivity index (χ0n) is 7.15. The summed E-state index contributed by atoms with van der Waals surface area (Å²) in [5.41, 5.74) is -0.354. The summed E-state index contributed by atoms with van der Waals surface area (Å²) < 4.78 is 0.415. The van der Waals surface area contributed by atoms with Crippen molar-refractivity contribution in [2.45, 2.75) is 6.92 Å². The Bertz CT molecular complexity index is 377. The van der Waals surface area contributed by atoms with E-state index in [1.165, 1.54) is 13.0 Å². The van der Waals surface area contributed by atoms with Crippen LogP contribution >= 0.6 is 22.6 Å². The fourth-order valence-electron chi connectivity index (χ4n) is 0.984. The van der Waals surface area contributed by atoms with E-state index in [1.807, 2.05) is 0 Å². The number of phenolic OH excluding ortho intramolecular Hbond substituents is 1. The molecule has 5 nitrogen and oxygen atoms in total. The normalized spacial score (nSPS) is 9.86. The molecule has 74 valence electrons. The van der Waals surface area contributed by atoms with Crippen molar-refractivity contribution in [1.82, 2.24) is 0 Å². The van der Waals surface area contributed by atoms with E-state index in [0.29, 0.717) is 3.57 Å². The van der Waals surface area contributed by atoms with E-state index in [0.717, 1.165) is 6.07 Å². The Hall–Kier alpha value is -1.18. The van der Waals surface area contributed by atoms with Gasteiger partial charge in [0.25, 0.3) is 5.69 Å². The van der Waals surface area contributed by atoms with Gasteiger partial charge in [0.15, 0.2) is 5.78 Å². The molecular weight excluding hydrogens is 301 g/mol. The Labute approximate surface area is 93.0 Å². The number of carbonyl (C=O) groups excluding carboxylic acids is 1. The summed E-state index contributed by atoms with van der Waals surface area (Å²) >= 11 is 1.80. The number of hydrogen-bond acceptors (Lipinski definition) is 4. The molecule has 0 fully saturated rings. The van der Waals surface area contributed by atoms with Crippen molar-refractivity contribution < 1.29 is 14.8 Å². The largest absolute Gasteiger partial charge is 0.507 e. The number of hydrogen-bond donors (Lipinski definition) is 1. The highest BCUT2D eigenvalue weighted by Gasteiger charge is 2.19. The van der Waals surface area contributed by atoms with Crippen LogP contribution in [0.1, 0.15) is 17.3 Å². The van der Waals surface area contributed by atoms with Crippen LogP contribution in [0.15, 0.2) is 12.1 Å². The third-order valence-electron chi connectivity index (χ3n) is 1.64. The van der Waals surface area contributed by atoms with Crippen molar-refractivity contribution in [3.05, 3.63) is 31.4 Å². The first-order valence-corrected chi connectivity index (χ1v) is 4.69. The number of aromatic hydroxyl groups is 1. The third-order valence-corrected chi connectivity index (χ3v) is 2.51. The summed E-state index contributed by atoms with van der Waals surface area (Å²) in [5.74, 6) is -0.586. The number of ketones is 1. The SMILES string of the molecule is CC(=O)c1cc(I)c(O)cc1[N+](=O)[O-]. The number of nitro groups is 1. The minimum atomic E-state index is -0.688. The molecule has 0 aliphatic heterocycles. The zero-order chi connectivity index (χ0) is 10.9. The van der Waals surface area contributed by atoms with Gasteiger partial charge in [0, 0.05) is 0 Å². The fraction of sp³-hybridized carbons (Fsp3) is 0.125. The maximum absolute atomic E-state index is 11.0. The first-order valence-electron chi connectivity index (χ1n) is 3.61. The number of Topliss-reactive ketones (excluding diaryl/α,β-unsaturated/α-hetero) is 1. The second kappa shape index (κ2) is 3.91. The van der Waals surface area contributed by atoms with E-state index in [1.54, 1.807) is 22.6 Å². The third kappa shape index (κ3) is 2.00. The van der Waals surface area contributed by atoms with Gasteiger partial charge in [0.1, 0.15) is 5.75 Å². The van der Waals surface area contributed by atoms with Crippen LogP contribution in [0.25, 0.3) is 0 Å². The van der Waals surface area contributed by atoms with E-state index in [9.17, 15) is 20.0 Å². The first-order chi connectivity index (χ1) is 6.43. The highest BCUT2D eigenvalue weighted by atomic mass is 127. The Morgan fingerprint density at radius 2 is 2.14 bits per heavy atom. The molecule has 1 rings (SSSR count). The Balaban J connectivity index is 3.46. The van der Waals surface area contributed by atoms with Crippen molar-refractivity contribution in [2.75, 3.05) is 0 Å². The van der Waals surface area contributed by atoms with Gasteiger partial charge in [0.05, 0.1) is 20.1 Å². The van der Waals surface area contributed by atoms with Crippen LogP contribution in [0.5, 0.6) is 5.75 Å². The lowest BCUT2D eigenvalue weighted by Gasteiger charge is -2.01. The number of halogens is 1. The molecule has 0 saturated carbocycles. The highest BCUT2D eigenvalue weighted by molar-refractivity contribution is 14.1.